The lowest BCUT2D eigenvalue weighted by Crippen LogP contribution is -2.39. The molecule has 3 rings (SSSR count). The maximum absolute atomic E-state index is 14.1. The minimum Gasteiger partial charge on any atom is -0.462 e. The Kier molecular flexibility index (Phi) is 9.60. The molecule has 1 amide bonds. The standard InChI is InChI=1S/C29H36FN3O4/c1-19(18-36-28(35)25(32)8-4-5-16-31)33-27(34)21-10-15-24-20(17-21)7-6-9-26(24)37-23-13-11-22(12-14-23)29(2,3)30/h6-7,9-15,17,19,25H,4-5,8,16,18,31-32H2,1-3H3,(H,33,34)/t19-,25+/m1/s1. The predicted octanol–water partition coefficient (Wildman–Crippen LogP) is 4.95. The summed E-state index contributed by atoms with van der Waals surface area (Å²) in [5.74, 6) is 0.442. The molecule has 0 radical (unpaired) electrons. The number of nitrogens with two attached hydrogens (primary N) is 2. The lowest BCUT2D eigenvalue weighted by atomic mass is 10.0. The third-order valence-corrected chi connectivity index (χ3v) is 6.00. The summed E-state index contributed by atoms with van der Waals surface area (Å²) in [6.07, 6.45) is 2.08. The molecule has 5 N–H and O–H groups in total. The molecule has 0 spiro atoms. The highest BCUT2D eigenvalue weighted by Gasteiger charge is 2.19. The molecule has 37 heavy (non-hydrogen) atoms. The number of rotatable bonds is 12. The van der Waals surface area contributed by atoms with Gasteiger partial charge in [-0.2, -0.15) is 0 Å². The van der Waals surface area contributed by atoms with E-state index in [0.29, 0.717) is 35.6 Å². The Hall–Kier alpha value is -3.49. The molecule has 0 unspecified atom stereocenters. The molecule has 7 nitrogen and oxygen atoms in total. The van der Waals surface area contributed by atoms with Gasteiger partial charge in [0.15, 0.2) is 0 Å². The zero-order valence-corrected chi connectivity index (χ0v) is 21.6. The average Bonchev–Trinajstić information content (AvgIpc) is 2.87. The molecule has 2 atom stereocenters. The lowest BCUT2D eigenvalue weighted by Gasteiger charge is -2.17. The highest BCUT2D eigenvalue weighted by molar-refractivity contribution is 6.00. The van der Waals surface area contributed by atoms with Crippen molar-refractivity contribution in [3.63, 3.8) is 0 Å². The molecule has 0 saturated heterocycles. The first-order chi connectivity index (χ1) is 17.6. The Balaban J connectivity index is 1.61. The van der Waals surface area contributed by atoms with Crippen LogP contribution in [0, 0.1) is 0 Å². The quantitative estimate of drug-likeness (QED) is 0.235. The number of hydrogen-bond donors (Lipinski definition) is 3. The number of carbonyl (C=O) groups is 2. The molecule has 3 aromatic rings. The Morgan fingerprint density at radius 2 is 1.78 bits per heavy atom. The first-order valence-corrected chi connectivity index (χ1v) is 12.5. The summed E-state index contributed by atoms with van der Waals surface area (Å²) in [5.41, 5.74) is 10.9. The van der Waals surface area contributed by atoms with Gasteiger partial charge in [0.05, 0.1) is 6.04 Å². The molecule has 0 heterocycles. The van der Waals surface area contributed by atoms with Gasteiger partial charge in [0.25, 0.3) is 5.91 Å². The van der Waals surface area contributed by atoms with Crippen LogP contribution in [0.1, 0.15) is 56.0 Å². The number of carbonyl (C=O) groups excluding carboxylic acids is 2. The van der Waals surface area contributed by atoms with Crippen molar-refractivity contribution in [3.8, 4) is 11.5 Å². The Labute approximate surface area is 217 Å². The van der Waals surface area contributed by atoms with Crippen molar-refractivity contribution in [2.45, 2.75) is 57.8 Å². The summed E-state index contributed by atoms with van der Waals surface area (Å²) in [6.45, 7) is 5.36. The van der Waals surface area contributed by atoms with Gasteiger partial charge in [-0.1, -0.05) is 30.7 Å². The largest absolute Gasteiger partial charge is 0.462 e. The molecule has 0 aliphatic heterocycles. The fourth-order valence-corrected chi connectivity index (χ4v) is 3.82. The first kappa shape index (κ1) is 28.1. The Morgan fingerprint density at radius 3 is 2.46 bits per heavy atom. The smallest absolute Gasteiger partial charge is 0.322 e. The molecule has 0 bridgehead atoms. The van der Waals surface area contributed by atoms with Crippen LogP contribution in [-0.4, -0.2) is 37.1 Å². The van der Waals surface area contributed by atoms with E-state index in [4.69, 9.17) is 20.9 Å². The van der Waals surface area contributed by atoms with E-state index >= 15 is 0 Å². The summed E-state index contributed by atoms with van der Waals surface area (Å²) in [5, 5.41) is 4.50. The second-order valence-corrected chi connectivity index (χ2v) is 9.69. The number of esters is 1. The summed E-state index contributed by atoms with van der Waals surface area (Å²) in [4.78, 5) is 24.8. The molecule has 0 aliphatic rings. The highest BCUT2D eigenvalue weighted by atomic mass is 19.1. The monoisotopic (exact) mass is 509 g/mol. The van der Waals surface area contributed by atoms with E-state index in [-0.39, 0.29) is 12.5 Å². The fraction of sp³-hybridized carbons (Fsp3) is 0.379. The Bertz CT molecular complexity index is 1210. The fourth-order valence-electron chi connectivity index (χ4n) is 3.82. The summed E-state index contributed by atoms with van der Waals surface area (Å²) in [6, 6.07) is 16.7. The van der Waals surface area contributed by atoms with Crippen LogP contribution in [0.3, 0.4) is 0 Å². The van der Waals surface area contributed by atoms with Gasteiger partial charge in [0, 0.05) is 10.9 Å². The number of halogens is 1. The van der Waals surface area contributed by atoms with E-state index in [0.717, 1.165) is 23.6 Å². The molecule has 0 saturated carbocycles. The Morgan fingerprint density at radius 1 is 1.05 bits per heavy atom. The molecule has 198 valence electrons. The lowest BCUT2D eigenvalue weighted by molar-refractivity contribution is -0.146. The minimum atomic E-state index is -1.43. The van der Waals surface area contributed by atoms with Crippen molar-refractivity contribution in [2.75, 3.05) is 13.2 Å². The van der Waals surface area contributed by atoms with Crippen molar-refractivity contribution in [2.24, 2.45) is 11.5 Å². The molecule has 3 aromatic carbocycles. The van der Waals surface area contributed by atoms with Crippen molar-refractivity contribution >= 4 is 22.6 Å². The minimum absolute atomic E-state index is 0.0269. The van der Waals surface area contributed by atoms with Crippen LogP contribution < -0.4 is 21.5 Å². The maximum atomic E-state index is 14.1. The van der Waals surface area contributed by atoms with Crippen LogP contribution >= 0.6 is 0 Å². The van der Waals surface area contributed by atoms with E-state index < -0.39 is 23.7 Å². The summed E-state index contributed by atoms with van der Waals surface area (Å²) < 4.78 is 25.4. The molecule has 0 aliphatic carbocycles. The number of hydrogen-bond acceptors (Lipinski definition) is 6. The van der Waals surface area contributed by atoms with Crippen LogP contribution in [-0.2, 0) is 15.2 Å². The van der Waals surface area contributed by atoms with Crippen molar-refractivity contribution in [1.29, 1.82) is 0 Å². The van der Waals surface area contributed by atoms with E-state index in [9.17, 15) is 14.0 Å². The number of alkyl halides is 1. The van der Waals surface area contributed by atoms with Crippen LogP contribution in [0.15, 0.2) is 60.7 Å². The van der Waals surface area contributed by atoms with Gasteiger partial charge in [0.1, 0.15) is 29.8 Å². The van der Waals surface area contributed by atoms with E-state index in [1.165, 1.54) is 13.8 Å². The molecular weight excluding hydrogens is 473 g/mol. The molecule has 0 fully saturated rings. The average molecular weight is 510 g/mol. The third kappa shape index (κ3) is 8.00. The van der Waals surface area contributed by atoms with Gasteiger partial charge in [-0.3, -0.25) is 9.59 Å². The van der Waals surface area contributed by atoms with Gasteiger partial charge in [-0.15, -0.1) is 0 Å². The molecule has 8 heteroatoms. The SMILES string of the molecule is C[C@H](COC(=O)[C@@H](N)CCCCN)NC(=O)c1ccc2c(Oc3ccc(C(C)(C)F)cc3)cccc2c1. The zero-order valence-electron chi connectivity index (χ0n) is 21.6. The first-order valence-electron chi connectivity index (χ1n) is 12.5. The molecular formula is C29H36FN3O4. The van der Waals surface area contributed by atoms with Crippen LogP contribution in [0.2, 0.25) is 0 Å². The van der Waals surface area contributed by atoms with Crippen molar-refractivity contribution < 1.29 is 23.5 Å². The topological polar surface area (TPSA) is 117 Å². The van der Waals surface area contributed by atoms with Gasteiger partial charge >= 0.3 is 5.97 Å². The predicted molar refractivity (Wildman–Crippen MR) is 143 cm³/mol. The van der Waals surface area contributed by atoms with E-state index in [2.05, 4.69) is 5.32 Å². The second-order valence-electron chi connectivity index (χ2n) is 9.69. The van der Waals surface area contributed by atoms with Gasteiger partial charge in [0.2, 0.25) is 0 Å². The number of unbranched alkanes of at least 4 members (excludes halogenated alkanes) is 1. The number of nitrogens with one attached hydrogen (secondary N) is 1. The summed E-state index contributed by atoms with van der Waals surface area (Å²) in [7, 11) is 0. The number of fused-ring (bicyclic) bond motifs is 1. The van der Waals surface area contributed by atoms with Gasteiger partial charge < -0.3 is 26.3 Å². The van der Waals surface area contributed by atoms with Gasteiger partial charge in [-0.05, 0) is 87.5 Å². The van der Waals surface area contributed by atoms with Crippen molar-refractivity contribution in [1.82, 2.24) is 5.32 Å². The summed E-state index contributed by atoms with van der Waals surface area (Å²) >= 11 is 0. The zero-order chi connectivity index (χ0) is 27.0. The number of ether oxygens (including phenoxy) is 2. The van der Waals surface area contributed by atoms with Crippen molar-refractivity contribution in [3.05, 3.63) is 71.8 Å². The number of amides is 1. The van der Waals surface area contributed by atoms with E-state index in [1.807, 2.05) is 24.3 Å². The van der Waals surface area contributed by atoms with Crippen LogP contribution in [0.25, 0.3) is 10.8 Å². The van der Waals surface area contributed by atoms with Crippen LogP contribution in [0.4, 0.5) is 4.39 Å². The van der Waals surface area contributed by atoms with Crippen LogP contribution in [0.5, 0.6) is 11.5 Å². The number of benzene rings is 3. The van der Waals surface area contributed by atoms with E-state index in [1.54, 1.807) is 43.3 Å². The normalized spacial score (nSPS) is 13.1. The second kappa shape index (κ2) is 12.7. The van der Waals surface area contributed by atoms with Gasteiger partial charge in [-0.25, -0.2) is 4.39 Å². The maximum Gasteiger partial charge on any atom is 0.322 e. The third-order valence-electron chi connectivity index (χ3n) is 6.00. The highest BCUT2D eigenvalue weighted by Crippen LogP contribution is 2.32. The molecule has 0 aromatic heterocycles.